The van der Waals surface area contributed by atoms with Gasteiger partial charge in [-0.25, -0.2) is 0 Å². The van der Waals surface area contributed by atoms with E-state index in [0.717, 1.165) is 5.56 Å². The number of primary amides is 1. The summed E-state index contributed by atoms with van der Waals surface area (Å²) in [6.07, 6.45) is -0.0534. The monoisotopic (exact) mass is 218 g/mol. The second kappa shape index (κ2) is 5.70. The molecule has 3 N–H and O–H groups in total. The van der Waals surface area contributed by atoms with Gasteiger partial charge in [-0.3, -0.25) is 9.59 Å². The molecule has 0 saturated heterocycles. The van der Waals surface area contributed by atoms with E-state index in [1.165, 1.54) is 0 Å². The average Bonchev–Trinajstić information content (AvgIpc) is 2.27. The fourth-order valence-corrected chi connectivity index (χ4v) is 1.14. The zero-order chi connectivity index (χ0) is 12.0. The number of amides is 2. The Labute approximate surface area is 94.1 Å². The van der Waals surface area contributed by atoms with E-state index in [4.69, 9.17) is 5.73 Å². The van der Waals surface area contributed by atoms with Gasteiger partial charge in [-0.05, 0) is 5.56 Å². The molecule has 0 aliphatic carbocycles. The summed E-state index contributed by atoms with van der Waals surface area (Å²) in [4.78, 5) is 22.0. The van der Waals surface area contributed by atoms with Crippen LogP contribution in [0.5, 0.6) is 0 Å². The third kappa shape index (κ3) is 3.96. The molecule has 0 aliphatic heterocycles. The van der Waals surface area contributed by atoms with Gasteiger partial charge in [0.15, 0.2) is 0 Å². The minimum Gasteiger partial charge on any atom is -0.366 e. The number of hydrogen-bond acceptors (Lipinski definition) is 2. The van der Waals surface area contributed by atoms with Crippen molar-refractivity contribution < 1.29 is 9.59 Å². The molecule has 84 valence electrons. The van der Waals surface area contributed by atoms with Crippen LogP contribution in [0.2, 0.25) is 0 Å². The Morgan fingerprint density at radius 3 is 2.44 bits per heavy atom. The minimum atomic E-state index is -0.644. The van der Waals surface area contributed by atoms with Gasteiger partial charge in [0.05, 0.1) is 6.42 Å². The minimum absolute atomic E-state index is 0.0534. The fraction of sp³-hybridized carbons (Fsp3) is 0.167. The van der Waals surface area contributed by atoms with E-state index in [1.807, 2.05) is 30.3 Å². The molecule has 0 fully saturated rings. The molecule has 0 saturated carbocycles. The van der Waals surface area contributed by atoms with Crippen LogP contribution >= 0.6 is 0 Å². The lowest BCUT2D eigenvalue weighted by atomic mass is 10.2. The predicted molar refractivity (Wildman–Crippen MR) is 61.2 cm³/mol. The molecule has 0 bridgehead atoms. The summed E-state index contributed by atoms with van der Waals surface area (Å²) in [5.74, 6) is -0.900. The van der Waals surface area contributed by atoms with Crippen LogP contribution < -0.4 is 11.1 Å². The number of rotatable bonds is 5. The Hall–Kier alpha value is -2.10. The van der Waals surface area contributed by atoms with Crippen LogP contribution in [0.25, 0.3) is 0 Å². The first kappa shape index (κ1) is 12.0. The van der Waals surface area contributed by atoms with Gasteiger partial charge in [-0.1, -0.05) is 36.9 Å². The Morgan fingerprint density at radius 2 is 1.88 bits per heavy atom. The van der Waals surface area contributed by atoms with E-state index in [0.29, 0.717) is 6.54 Å². The molecule has 16 heavy (non-hydrogen) atoms. The van der Waals surface area contributed by atoms with Gasteiger partial charge in [-0.15, -0.1) is 0 Å². The van der Waals surface area contributed by atoms with E-state index >= 15 is 0 Å². The summed E-state index contributed by atoms with van der Waals surface area (Å²) >= 11 is 0. The van der Waals surface area contributed by atoms with Gasteiger partial charge in [0.1, 0.15) is 0 Å². The molecule has 0 heterocycles. The molecule has 0 atom stereocenters. The van der Waals surface area contributed by atoms with Crippen LogP contribution in [-0.4, -0.2) is 11.8 Å². The van der Waals surface area contributed by atoms with Crippen molar-refractivity contribution in [2.24, 2.45) is 5.73 Å². The van der Waals surface area contributed by atoms with E-state index in [2.05, 4.69) is 11.9 Å². The third-order valence-corrected chi connectivity index (χ3v) is 2.05. The lowest BCUT2D eigenvalue weighted by Gasteiger charge is -2.05. The maximum Gasteiger partial charge on any atom is 0.244 e. The topological polar surface area (TPSA) is 72.2 Å². The van der Waals surface area contributed by atoms with Crippen LogP contribution in [-0.2, 0) is 16.1 Å². The summed E-state index contributed by atoms with van der Waals surface area (Å²) in [6.45, 7) is 3.85. The normalized spacial score (nSPS) is 9.50. The molecule has 0 aromatic heterocycles. The highest BCUT2D eigenvalue weighted by molar-refractivity contribution is 5.96. The van der Waals surface area contributed by atoms with E-state index < -0.39 is 5.91 Å². The van der Waals surface area contributed by atoms with Crippen LogP contribution in [0.1, 0.15) is 12.0 Å². The molecule has 0 unspecified atom stereocenters. The van der Waals surface area contributed by atoms with Gasteiger partial charge in [-0.2, -0.15) is 0 Å². The fourth-order valence-electron chi connectivity index (χ4n) is 1.14. The molecule has 4 nitrogen and oxygen atoms in total. The van der Waals surface area contributed by atoms with Crippen molar-refractivity contribution in [1.29, 1.82) is 0 Å². The van der Waals surface area contributed by atoms with E-state index in [1.54, 1.807) is 0 Å². The highest BCUT2D eigenvalue weighted by Crippen LogP contribution is 1.99. The van der Waals surface area contributed by atoms with Gasteiger partial charge >= 0.3 is 0 Å². The molecular formula is C12H14N2O2. The van der Waals surface area contributed by atoms with Gasteiger partial charge < -0.3 is 11.1 Å². The van der Waals surface area contributed by atoms with E-state index in [9.17, 15) is 9.59 Å². The molecule has 4 heteroatoms. The molecule has 1 aromatic carbocycles. The predicted octanol–water partition coefficient (Wildman–Crippen LogP) is 0.734. The molecule has 1 rings (SSSR count). The first-order valence-corrected chi connectivity index (χ1v) is 4.88. The molecule has 0 spiro atoms. The van der Waals surface area contributed by atoms with Crippen molar-refractivity contribution in [2.75, 3.05) is 0 Å². The van der Waals surface area contributed by atoms with Crippen molar-refractivity contribution in [3.8, 4) is 0 Å². The Bertz CT molecular complexity index is 399. The number of carbonyl (C=O) groups is 2. The summed E-state index contributed by atoms with van der Waals surface area (Å²) in [6, 6.07) is 9.50. The van der Waals surface area contributed by atoms with Crippen LogP contribution in [0.15, 0.2) is 42.5 Å². The quantitative estimate of drug-likeness (QED) is 0.715. The maximum atomic E-state index is 11.4. The lowest BCUT2D eigenvalue weighted by molar-refractivity contribution is -0.122. The number of carbonyl (C=O) groups excluding carboxylic acids is 2. The van der Waals surface area contributed by atoms with Crippen LogP contribution in [0, 0.1) is 0 Å². The summed E-state index contributed by atoms with van der Waals surface area (Å²) in [5.41, 5.74) is 6.09. The summed E-state index contributed by atoms with van der Waals surface area (Å²) < 4.78 is 0. The largest absolute Gasteiger partial charge is 0.366 e. The molecule has 0 aliphatic rings. The molecular weight excluding hydrogens is 204 g/mol. The SMILES string of the molecule is C=C(CC(=O)NCc1ccccc1)C(N)=O. The first-order chi connectivity index (χ1) is 7.59. The van der Waals surface area contributed by atoms with Crippen LogP contribution in [0.3, 0.4) is 0 Å². The number of nitrogens with two attached hydrogens (primary N) is 1. The number of hydrogen-bond donors (Lipinski definition) is 2. The first-order valence-electron chi connectivity index (χ1n) is 4.88. The van der Waals surface area contributed by atoms with Gasteiger partial charge in [0.25, 0.3) is 0 Å². The average molecular weight is 218 g/mol. The standard InChI is InChI=1S/C12H14N2O2/c1-9(12(13)16)7-11(15)14-8-10-5-3-2-4-6-10/h2-6H,1,7-8H2,(H2,13,16)(H,14,15). The van der Waals surface area contributed by atoms with Crippen molar-refractivity contribution in [3.05, 3.63) is 48.0 Å². The zero-order valence-corrected chi connectivity index (χ0v) is 8.90. The number of benzene rings is 1. The molecule has 1 aromatic rings. The highest BCUT2D eigenvalue weighted by atomic mass is 16.2. The molecule has 2 amide bonds. The second-order valence-corrected chi connectivity index (χ2v) is 3.41. The van der Waals surface area contributed by atoms with Crippen molar-refractivity contribution in [3.63, 3.8) is 0 Å². The van der Waals surface area contributed by atoms with Crippen molar-refractivity contribution in [2.45, 2.75) is 13.0 Å². The van der Waals surface area contributed by atoms with Crippen molar-refractivity contribution >= 4 is 11.8 Å². The van der Waals surface area contributed by atoms with Crippen molar-refractivity contribution in [1.82, 2.24) is 5.32 Å². The summed E-state index contributed by atoms with van der Waals surface area (Å²) in [5, 5.41) is 2.68. The third-order valence-electron chi connectivity index (χ3n) is 2.05. The van der Waals surface area contributed by atoms with E-state index in [-0.39, 0.29) is 17.9 Å². The Kier molecular flexibility index (Phi) is 4.27. The lowest BCUT2D eigenvalue weighted by Crippen LogP contribution is -2.25. The molecule has 0 radical (unpaired) electrons. The number of nitrogens with one attached hydrogen (secondary N) is 1. The van der Waals surface area contributed by atoms with Gasteiger partial charge in [0, 0.05) is 12.1 Å². The maximum absolute atomic E-state index is 11.4. The van der Waals surface area contributed by atoms with Gasteiger partial charge in [0.2, 0.25) is 11.8 Å². The smallest absolute Gasteiger partial charge is 0.244 e. The van der Waals surface area contributed by atoms with Crippen LogP contribution in [0.4, 0.5) is 0 Å². The highest BCUT2D eigenvalue weighted by Gasteiger charge is 2.07. The summed E-state index contributed by atoms with van der Waals surface area (Å²) in [7, 11) is 0. The Morgan fingerprint density at radius 1 is 1.25 bits per heavy atom. The second-order valence-electron chi connectivity index (χ2n) is 3.41. The zero-order valence-electron chi connectivity index (χ0n) is 8.90. The Balaban J connectivity index is 2.36.